The van der Waals surface area contributed by atoms with E-state index < -0.39 is 0 Å². The zero-order valence-corrected chi connectivity index (χ0v) is 11.7. The quantitative estimate of drug-likeness (QED) is 0.805. The van der Waals surface area contributed by atoms with Crippen LogP contribution < -0.4 is 0 Å². The first kappa shape index (κ1) is 13.0. The van der Waals surface area contributed by atoms with Crippen molar-refractivity contribution in [3.63, 3.8) is 0 Å². The van der Waals surface area contributed by atoms with Gasteiger partial charge in [-0.2, -0.15) is 0 Å². The standard InChI is InChI=1S/C12H12N2O2S2/c1-3-16-11(15)9-4-5-10(13-6-9)18-12-14-8(2)7-17-12/h4-7H,3H2,1-2H3. The van der Waals surface area contributed by atoms with E-state index in [-0.39, 0.29) is 5.97 Å². The van der Waals surface area contributed by atoms with Crippen LogP contribution in [0, 0.1) is 6.92 Å². The maximum Gasteiger partial charge on any atom is 0.339 e. The van der Waals surface area contributed by atoms with Crippen LogP contribution in [0.5, 0.6) is 0 Å². The first-order valence-corrected chi connectivity index (χ1v) is 7.12. The molecule has 2 heterocycles. The number of thiazole rings is 1. The van der Waals surface area contributed by atoms with Crippen molar-refractivity contribution >= 4 is 29.1 Å². The van der Waals surface area contributed by atoms with E-state index in [1.807, 2.05) is 12.3 Å². The van der Waals surface area contributed by atoms with Gasteiger partial charge in [0.05, 0.1) is 12.2 Å². The summed E-state index contributed by atoms with van der Waals surface area (Å²) in [5.41, 5.74) is 1.47. The molecule has 2 aromatic rings. The van der Waals surface area contributed by atoms with Crippen LogP contribution >= 0.6 is 23.1 Å². The number of ether oxygens (including phenoxy) is 1. The largest absolute Gasteiger partial charge is 0.462 e. The number of hydrogen-bond donors (Lipinski definition) is 0. The van der Waals surface area contributed by atoms with Gasteiger partial charge in [0.25, 0.3) is 0 Å². The van der Waals surface area contributed by atoms with E-state index in [1.54, 1.807) is 30.4 Å². The van der Waals surface area contributed by atoms with Crippen molar-refractivity contribution in [2.45, 2.75) is 23.2 Å². The lowest BCUT2D eigenvalue weighted by Crippen LogP contribution is -2.04. The highest BCUT2D eigenvalue weighted by atomic mass is 32.2. The highest BCUT2D eigenvalue weighted by Crippen LogP contribution is 2.28. The fourth-order valence-electron chi connectivity index (χ4n) is 1.24. The van der Waals surface area contributed by atoms with Gasteiger partial charge in [-0.25, -0.2) is 14.8 Å². The van der Waals surface area contributed by atoms with Gasteiger partial charge < -0.3 is 4.74 Å². The molecular formula is C12H12N2O2S2. The molecule has 18 heavy (non-hydrogen) atoms. The second kappa shape index (κ2) is 5.97. The third-order valence-corrected chi connectivity index (χ3v) is 4.04. The summed E-state index contributed by atoms with van der Waals surface area (Å²) in [5.74, 6) is -0.341. The van der Waals surface area contributed by atoms with Gasteiger partial charge in [-0.05, 0) is 37.7 Å². The summed E-state index contributed by atoms with van der Waals surface area (Å²) in [7, 11) is 0. The predicted octanol–water partition coefficient (Wildman–Crippen LogP) is 3.17. The van der Waals surface area contributed by atoms with Crippen molar-refractivity contribution in [2.75, 3.05) is 6.61 Å². The molecule has 0 aromatic carbocycles. The number of pyridine rings is 1. The number of hydrogen-bond acceptors (Lipinski definition) is 6. The highest BCUT2D eigenvalue weighted by Gasteiger charge is 2.08. The molecule has 0 bridgehead atoms. The Morgan fingerprint density at radius 2 is 2.33 bits per heavy atom. The summed E-state index contributed by atoms with van der Waals surface area (Å²) in [6.07, 6.45) is 1.53. The fraction of sp³-hybridized carbons (Fsp3) is 0.250. The zero-order valence-electron chi connectivity index (χ0n) is 10.0. The maximum atomic E-state index is 11.4. The number of aromatic nitrogens is 2. The van der Waals surface area contributed by atoms with Crippen LogP contribution in [0.25, 0.3) is 0 Å². The van der Waals surface area contributed by atoms with Gasteiger partial charge >= 0.3 is 5.97 Å². The summed E-state index contributed by atoms with van der Waals surface area (Å²) in [4.78, 5) is 20.0. The molecule has 94 valence electrons. The van der Waals surface area contributed by atoms with Crippen molar-refractivity contribution in [2.24, 2.45) is 0 Å². The van der Waals surface area contributed by atoms with Crippen molar-refractivity contribution < 1.29 is 9.53 Å². The molecule has 0 spiro atoms. The van der Waals surface area contributed by atoms with Crippen LogP contribution in [0.15, 0.2) is 33.1 Å². The molecule has 0 aliphatic rings. The van der Waals surface area contributed by atoms with E-state index in [1.165, 1.54) is 18.0 Å². The van der Waals surface area contributed by atoms with Crippen LogP contribution in [-0.4, -0.2) is 22.5 Å². The van der Waals surface area contributed by atoms with E-state index in [4.69, 9.17) is 4.74 Å². The molecule has 2 rings (SSSR count). The van der Waals surface area contributed by atoms with E-state index in [9.17, 15) is 4.79 Å². The molecule has 0 radical (unpaired) electrons. The SMILES string of the molecule is CCOC(=O)c1ccc(Sc2nc(C)cs2)nc1. The zero-order chi connectivity index (χ0) is 13.0. The Balaban J connectivity index is 2.05. The molecule has 0 saturated heterocycles. The molecule has 0 unspecified atom stereocenters. The molecule has 0 fully saturated rings. The third-order valence-electron chi connectivity index (χ3n) is 2.04. The van der Waals surface area contributed by atoms with Crippen LogP contribution in [0.1, 0.15) is 23.0 Å². The number of rotatable bonds is 4. The summed E-state index contributed by atoms with van der Waals surface area (Å²) in [6, 6.07) is 3.52. The second-order valence-electron chi connectivity index (χ2n) is 3.46. The van der Waals surface area contributed by atoms with Crippen LogP contribution in [0.2, 0.25) is 0 Å². The topological polar surface area (TPSA) is 52.1 Å². The van der Waals surface area contributed by atoms with E-state index in [2.05, 4.69) is 9.97 Å². The van der Waals surface area contributed by atoms with Gasteiger partial charge in [0.2, 0.25) is 0 Å². The molecular weight excluding hydrogens is 268 g/mol. The Morgan fingerprint density at radius 3 is 2.89 bits per heavy atom. The number of carbonyl (C=O) groups excluding carboxylic acids is 1. The molecule has 0 atom stereocenters. The lowest BCUT2D eigenvalue weighted by molar-refractivity contribution is 0.0525. The number of carbonyl (C=O) groups is 1. The average molecular weight is 280 g/mol. The van der Waals surface area contributed by atoms with Gasteiger partial charge in [0, 0.05) is 17.3 Å². The molecule has 6 heteroatoms. The van der Waals surface area contributed by atoms with Crippen LogP contribution in [0.3, 0.4) is 0 Å². The monoisotopic (exact) mass is 280 g/mol. The minimum atomic E-state index is -0.341. The Labute approximate surface area is 113 Å². The smallest absolute Gasteiger partial charge is 0.339 e. The Bertz CT molecular complexity index is 537. The van der Waals surface area contributed by atoms with Gasteiger partial charge in [-0.3, -0.25) is 0 Å². The lowest BCUT2D eigenvalue weighted by Gasteiger charge is -2.01. The van der Waals surface area contributed by atoms with Crippen molar-refractivity contribution in [3.8, 4) is 0 Å². The van der Waals surface area contributed by atoms with Crippen LogP contribution in [0.4, 0.5) is 0 Å². The predicted molar refractivity (Wildman–Crippen MR) is 71.2 cm³/mol. The highest BCUT2D eigenvalue weighted by molar-refractivity contribution is 8.01. The minimum Gasteiger partial charge on any atom is -0.462 e. The molecule has 0 aliphatic heterocycles. The van der Waals surface area contributed by atoms with Crippen molar-refractivity contribution in [1.29, 1.82) is 0 Å². The van der Waals surface area contributed by atoms with Crippen molar-refractivity contribution in [1.82, 2.24) is 9.97 Å². The van der Waals surface area contributed by atoms with Gasteiger partial charge in [0.1, 0.15) is 5.03 Å². The molecule has 0 amide bonds. The van der Waals surface area contributed by atoms with Gasteiger partial charge in [0.15, 0.2) is 4.34 Å². The average Bonchev–Trinajstić information content (AvgIpc) is 2.76. The van der Waals surface area contributed by atoms with E-state index >= 15 is 0 Å². The normalized spacial score (nSPS) is 10.3. The molecule has 4 nitrogen and oxygen atoms in total. The first-order chi connectivity index (χ1) is 8.69. The number of esters is 1. The molecule has 0 aliphatic carbocycles. The number of aryl methyl sites for hydroxylation is 1. The van der Waals surface area contributed by atoms with Crippen molar-refractivity contribution in [3.05, 3.63) is 35.0 Å². The van der Waals surface area contributed by atoms with E-state index in [0.717, 1.165) is 15.1 Å². The molecule has 0 N–H and O–H groups in total. The summed E-state index contributed by atoms with van der Waals surface area (Å²) in [6.45, 7) is 4.10. The third kappa shape index (κ3) is 3.30. The van der Waals surface area contributed by atoms with Gasteiger partial charge in [-0.15, -0.1) is 11.3 Å². The lowest BCUT2D eigenvalue weighted by atomic mass is 10.3. The fourth-order valence-corrected chi connectivity index (χ4v) is 2.97. The summed E-state index contributed by atoms with van der Waals surface area (Å²) < 4.78 is 5.84. The summed E-state index contributed by atoms with van der Waals surface area (Å²) in [5, 5.41) is 2.81. The maximum absolute atomic E-state index is 11.4. The minimum absolute atomic E-state index is 0.341. The summed E-state index contributed by atoms with van der Waals surface area (Å²) >= 11 is 3.07. The van der Waals surface area contributed by atoms with Crippen LogP contribution in [-0.2, 0) is 4.74 Å². The van der Waals surface area contributed by atoms with E-state index in [0.29, 0.717) is 12.2 Å². The Hall–Kier alpha value is -1.40. The Morgan fingerprint density at radius 1 is 1.50 bits per heavy atom. The number of nitrogens with zero attached hydrogens (tertiary/aromatic N) is 2. The molecule has 0 saturated carbocycles. The first-order valence-electron chi connectivity index (χ1n) is 5.42. The molecule has 2 aromatic heterocycles. The van der Waals surface area contributed by atoms with Gasteiger partial charge in [-0.1, -0.05) is 0 Å². The second-order valence-corrected chi connectivity index (χ2v) is 5.59. The Kier molecular flexibility index (Phi) is 4.33.